The van der Waals surface area contributed by atoms with E-state index >= 15 is 0 Å². The molecule has 3 rings (SSSR count). The minimum Gasteiger partial charge on any atom is -0.493 e. The number of rotatable bonds is 2. The van der Waals surface area contributed by atoms with Gasteiger partial charge in [-0.15, -0.1) is 22.9 Å². The van der Waals surface area contributed by atoms with Crippen LogP contribution in [0.3, 0.4) is 0 Å². The van der Waals surface area contributed by atoms with Crippen LogP contribution in [0.1, 0.15) is 26.3 Å². The second-order valence-corrected chi connectivity index (χ2v) is 6.96. The highest BCUT2D eigenvalue weighted by Crippen LogP contribution is 2.39. The fourth-order valence-corrected chi connectivity index (χ4v) is 4.03. The van der Waals surface area contributed by atoms with Crippen LogP contribution in [0.2, 0.25) is 0 Å². The fraction of sp³-hybridized carbons (Fsp3) is 0.286. The Bertz CT molecular complexity index is 574. The van der Waals surface area contributed by atoms with Crippen molar-refractivity contribution in [2.45, 2.75) is 18.7 Å². The molecule has 0 saturated carbocycles. The molecule has 0 radical (unpaired) electrons. The Labute approximate surface area is 124 Å². The van der Waals surface area contributed by atoms with Crippen LogP contribution in [0.5, 0.6) is 5.75 Å². The van der Waals surface area contributed by atoms with Gasteiger partial charge in [0, 0.05) is 20.6 Å². The molecule has 0 bridgehead atoms. The minimum absolute atomic E-state index is 0.0779. The lowest BCUT2D eigenvalue weighted by Gasteiger charge is -2.09. The van der Waals surface area contributed by atoms with Crippen LogP contribution in [-0.4, -0.2) is 6.61 Å². The van der Waals surface area contributed by atoms with Crippen LogP contribution in [0.15, 0.2) is 28.7 Å². The van der Waals surface area contributed by atoms with Gasteiger partial charge in [-0.3, -0.25) is 0 Å². The summed E-state index contributed by atoms with van der Waals surface area (Å²) in [6.45, 7) is 2.88. The van der Waals surface area contributed by atoms with Gasteiger partial charge in [-0.05, 0) is 46.1 Å². The van der Waals surface area contributed by atoms with Crippen molar-refractivity contribution in [1.82, 2.24) is 0 Å². The van der Waals surface area contributed by atoms with Crippen molar-refractivity contribution in [1.29, 1.82) is 0 Å². The van der Waals surface area contributed by atoms with Gasteiger partial charge in [-0.25, -0.2) is 0 Å². The molecule has 2 heterocycles. The third-order valence-electron chi connectivity index (χ3n) is 3.13. The summed E-state index contributed by atoms with van der Waals surface area (Å²) < 4.78 is 6.65. The zero-order valence-corrected chi connectivity index (χ0v) is 13.0. The molecule has 2 aromatic rings. The molecule has 1 atom stereocenters. The van der Waals surface area contributed by atoms with Gasteiger partial charge in [-0.1, -0.05) is 12.1 Å². The standard InChI is InChI=1S/C14H12BrClOS/c1-8-11(15)7-13(18-8)14(16)10-2-3-12-9(6-10)4-5-17-12/h2-3,6-7,14H,4-5H2,1H3. The lowest BCUT2D eigenvalue weighted by molar-refractivity contribution is 0.357. The first-order valence-corrected chi connectivity index (χ1v) is 7.85. The Kier molecular flexibility index (Phi) is 3.39. The highest BCUT2D eigenvalue weighted by atomic mass is 79.9. The minimum atomic E-state index is -0.0779. The van der Waals surface area contributed by atoms with Crippen molar-refractivity contribution < 1.29 is 4.74 Å². The maximum atomic E-state index is 6.57. The molecule has 1 aromatic carbocycles. The van der Waals surface area contributed by atoms with Crippen LogP contribution in [0.4, 0.5) is 0 Å². The van der Waals surface area contributed by atoms with Crippen molar-refractivity contribution in [3.8, 4) is 5.75 Å². The molecule has 4 heteroatoms. The van der Waals surface area contributed by atoms with E-state index in [1.807, 2.05) is 6.07 Å². The number of thiophene rings is 1. The van der Waals surface area contributed by atoms with Gasteiger partial charge in [0.2, 0.25) is 0 Å². The molecule has 0 fully saturated rings. The molecule has 18 heavy (non-hydrogen) atoms. The number of alkyl halides is 1. The lowest BCUT2D eigenvalue weighted by atomic mass is 10.1. The molecular weight excluding hydrogens is 332 g/mol. The third-order valence-corrected chi connectivity index (χ3v) is 5.95. The summed E-state index contributed by atoms with van der Waals surface area (Å²) in [6.07, 6.45) is 0.986. The normalized spacial score (nSPS) is 15.3. The number of aryl methyl sites for hydroxylation is 1. The second-order valence-electron chi connectivity index (χ2n) is 4.38. The van der Waals surface area contributed by atoms with Crippen LogP contribution in [-0.2, 0) is 6.42 Å². The summed E-state index contributed by atoms with van der Waals surface area (Å²) >= 11 is 11.8. The predicted octanol–water partition coefficient (Wildman–Crippen LogP) is 5.08. The first kappa shape index (κ1) is 12.5. The van der Waals surface area contributed by atoms with Gasteiger partial charge in [0.15, 0.2) is 0 Å². The average Bonchev–Trinajstić information content (AvgIpc) is 2.95. The first-order valence-electron chi connectivity index (χ1n) is 5.80. The Hall–Kier alpha value is -0.510. The number of benzene rings is 1. The number of fused-ring (bicyclic) bond motifs is 1. The van der Waals surface area contributed by atoms with Gasteiger partial charge >= 0.3 is 0 Å². The Balaban J connectivity index is 1.94. The summed E-state index contributed by atoms with van der Waals surface area (Å²) in [5, 5.41) is -0.0779. The molecule has 1 unspecified atom stereocenters. The molecule has 0 spiro atoms. The van der Waals surface area contributed by atoms with Crippen LogP contribution in [0, 0.1) is 6.92 Å². The van der Waals surface area contributed by atoms with Gasteiger partial charge in [0.1, 0.15) is 5.75 Å². The maximum absolute atomic E-state index is 6.57. The molecule has 1 aliphatic heterocycles. The monoisotopic (exact) mass is 342 g/mol. The number of ether oxygens (including phenoxy) is 1. The zero-order valence-electron chi connectivity index (χ0n) is 9.87. The van der Waals surface area contributed by atoms with E-state index in [1.54, 1.807) is 11.3 Å². The third kappa shape index (κ3) is 2.20. The van der Waals surface area contributed by atoms with Crippen molar-refractivity contribution >= 4 is 38.9 Å². The van der Waals surface area contributed by atoms with Crippen molar-refractivity contribution in [3.05, 3.63) is 49.6 Å². The molecule has 0 aliphatic carbocycles. The molecule has 0 N–H and O–H groups in total. The van der Waals surface area contributed by atoms with E-state index in [2.05, 4.69) is 41.1 Å². The summed E-state index contributed by atoms with van der Waals surface area (Å²) in [6, 6.07) is 8.37. The van der Waals surface area contributed by atoms with E-state index in [9.17, 15) is 0 Å². The first-order chi connectivity index (χ1) is 8.65. The highest BCUT2D eigenvalue weighted by molar-refractivity contribution is 9.10. The fourth-order valence-electron chi connectivity index (χ4n) is 2.13. The van der Waals surface area contributed by atoms with Crippen molar-refractivity contribution in [2.75, 3.05) is 6.61 Å². The number of hydrogen-bond acceptors (Lipinski definition) is 2. The van der Waals surface area contributed by atoms with E-state index in [0.29, 0.717) is 0 Å². The predicted molar refractivity (Wildman–Crippen MR) is 80.1 cm³/mol. The van der Waals surface area contributed by atoms with Crippen LogP contribution < -0.4 is 4.74 Å². The van der Waals surface area contributed by atoms with E-state index < -0.39 is 0 Å². The van der Waals surface area contributed by atoms with Gasteiger partial charge in [0.25, 0.3) is 0 Å². The molecule has 1 aromatic heterocycles. The van der Waals surface area contributed by atoms with Gasteiger partial charge in [-0.2, -0.15) is 0 Å². The summed E-state index contributed by atoms with van der Waals surface area (Å²) in [7, 11) is 0. The summed E-state index contributed by atoms with van der Waals surface area (Å²) in [5.74, 6) is 1.01. The molecule has 0 amide bonds. The quantitative estimate of drug-likeness (QED) is 0.691. The zero-order chi connectivity index (χ0) is 12.7. The Morgan fingerprint density at radius 1 is 1.39 bits per heavy atom. The SMILES string of the molecule is Cc1sc(C(Cl)c2ccc3c(c2)CCO3)cc1Br. The number of hydrogen-bond donors (Lipinski definition) is 0. The van der Waals surface area contributed by atoms with Gasteiger partial charge < -0.3 is 4.74 Å². The average molecular weight is 344 g/mol. The number of halogens is 2. The van der Waals surface area contributed by atoms with Crippen molar-refractivity contribution in [3.63, 3.8) is 0 Å². The van der Waals surface area contributed by atoms with E-state index in [4.69, 9.17) is 16.3 Å². The summed E-state index contributed by atoms with van der Waals surface area (Å²) in [5.41, 5.74) is 2.42. The summed E-state index contributed by atoms with van der Waals surface area (Å²) in [4.78, 5) is 2.44. The maximum Gasteiger partial charge on any atom is 0.122 e. The molecule has 0 saturated heterocycles. The molecule has 94 valence electrons. The molecule has 1 aliphatic rings. The van der Waals surface area contributed by atoms with Crippen molar-refractivity contribution in [2.24, 2.45) is 0 Å². The Morgan fingerprint density at radius 3 is 2.94 bits per heavy atom. The van der Waals surface area contributed by atoms with Crippen LogP contribution >= 0.6 is 38.9 Å². The Morgan fingerprint density at radius 2 is 2.22 bits per heavy atom. The van der Waals surface area contributed by atoms with Gasteiger partial charge in [0.05, 0.1) is 12.0 Å². The molecule has 1 nitrogen and oxygen atoms in total. The van der Waals surface area contributed by atoms with E-state index in [1.165, 1.54) is 15.3 Å². The molecular formula is C14H12BrClOS. The van der Waals surface area contributed by atoms with E-state index in [-0.39, 0.29) is 5.38 Å². The van der Waals surface area contributed by atoms with Crippen LogP contribution in [0.25, 0.3) is 0 Å². The highest BCUT2D eigenvalue weighted by Gasteiger charge is 2.18. The van der Waals surface area contributed by atoms with E-state index in [0.717, 1.165) is 28.8 Å². The largest absolute Gasteiger partial charge is 0.493 e. The lowest BCUT2D eigenvalue weighted by Crippen LogP contribution is -1.91. The second kappa shape index (κ2) is 4.87. The topological polar surface area (TPSA) is 9.23 Å². The smallest absolute Gasteiger partial charge is 0.122 e.